The van der Waals surface area contributed by atoms with E-state index in [9.17, 15) is 9.18 Å². The Bertz CT molecular complexity index is 632. The van der Waals surface area contributed by atoms with Crippen molar-refractivity contribution in [3.63, 3.8) is 0 Å². The van der Waals surface area contributed by atoms with Crippen molar-refractivity contribution in [1.29, 1.82) is 0 Å². The molecule has 0 radical (unpaired) electrons. The normalized spacial score (nSPS) is 11.1. The van der Waals surface area contributed by atoms with Crippen molar-refractivity contribution >= 4 is 5.78 Å². The number of ketones is 1. The Morgan fingerprint density at radius 1 is 1.07 bits per heavy atom. The van der Waals surface area contributed by atoms with Gasteiger partial charge in [-0.2, -0.15) is 0 Å². The molecule has 5 heteroatoms. The lowest BCUT2D eigenvalue weighted by atomic mass is 10.0. The molecule has 0 aliphatic heterocycles. The number of benzene rings is 1. The minimum absolute atomic E-state index is 0.00566. The van der Waals surface area contributed by atoms with E-state index in [1.807, 2.05) is 18.2 Å². The molecular weight excluding hydrogens is 379 g/mol. The van der Waals surface area contributed by atoms with Crippen LogP contribution < -0.4 is 15.8 Å². The van der Waals surface area contributed by atoms with Gasteiger partial charge in [0.15, 0.2) is 17.3 Å². The van der Waals surface area contributed by atoms with Crippen molar-refractivity contribution < 1.29 is 13.9 Å². The third-order valence-corrected chi connectivity index (χ3v) is 4.90. The van der Waals surface area contributed by atoms with Crippen LogP contribution in [0.5, 0.6) is 5.75 Å². The molecule has 0 spiro atoms. The van der Waals surface area contributed by atoms with Crippen molar-refractivity contribution in [3.05, 3.63) is 54.4 Å². The molecule has 0 heterocycles. The van der Waals surface area contributed by atoms with E-state index < -0.39 is 5.82 Å². The second-order valence-corrected chi connectivity index (χ2v) is 7.50. The summed E-state index contributed by atoms with van der Waals surface area (Å²) >= 11 is 0. The Balaban J connectivity index is 2.21. The van der Waals surface area contributed by atoms with Crippen molar-refractivity contribution in [2.24, 2.45) is 5.73 Å². The Morgan fingerprint density at radius 2 is 1.77 bits per heavy atom. The van der Waals surface area contributed by atoms with Crippen LogP contribution in [0.1, 0.15) is 74.6 Å². The van der Waals surface area contributed by atoms with E-state index in [-0.39, 0.29) is 11.5 Å². The molecule has 3 N–H and O–H groups in total. The van der Waals surface area contributed by atoms with Gasteiger partial charge in [-0.1, -0.05) is 56.8 Å². The predicted octanol–water partition coefficient (Wildman–Crippen LogP) is 5.58. The Hall–Kier alpha value is -1.98. The topological polar surface area (TPSA) is 64.3 Å². The smallest absolute Gasteiger partial charge is 0.165 e. The average Bonchev–Trinajstić information content (AvgIpc) is 2.75. The van der Waals surface area contributed by atoms with Crippen LogP contribution in [0.2, 0.25) is 0 Å². The van der Waals surface area contributed by atoms with Crippen molar-refractivity contribution in [2.75, 3.05) is 26.2 Å². The van der Waals surface area contributed by atoms with Gasteiger partial charge in [-0.3, -0.25) is 4.79 Å². The average molecular weight is 419 g/mol. The van der Waals surface area contributed by atoms with Crippen LogP contribution in [0.25, 0.3) is 0 Å². The number of ether oxygens (including phenoxy) is 1. The summed E-state index contributed by atoms with van der Waals surface area (Å²) in [4.78, 5) is 12.3. The molecule has 1 rings (SSSR count). The largest absolute Gasteiger partial charge is 0.486 e. The van der Waals surface area contributed by atoms with Gasteiger partial charge in [0.25, 0.3) is 0 Å². The number of Topliss-reactive ketones (excluding diaryl/α,β-unsaturated/α-hetero) is 1. The van der Waals surface area contributed by atoms with Crippen LogP contribution >= 0.6 is 0 Å². The van der Waals surface area contributed by atoms with E-state index >= 15 is 0 Å². The monoisotopic (exact) mass is 418 g/mol. The molecule has 0 atom stereocenters. The molecule has 168 valence electrons. The number of halogens is 1. The summed E-state index contributed by atoms with van der Waals surface area (Å²) in [5.74, 6) is -0.324. The third kappa shape index (κ3) is 12.6. The summed E-state index contributed by atoms with van der Waals surface area (Å²) in [5, 5.41) is 3.22. The van der Waals surface area contributed by atoms with Crippen LogP contribution in [0.4, 0.5) is 4.39 Å². The first-order valence-corrected chi connectivity index (χ1v) is 11.3. The Labute approximate surface area is 181 Å². The Kier molecular flexibility index (Phi) is 15.5. The van der Waals surface area contributed by atoms with Gasteiger partial charge in [-0.15, -0.1) is 6.58 Å². The lowest BCUT2D eigenvalue weighted by Crippen LogP contribution is -2.14. The lowest BCUT2D eigenvalue weighted by molar-refractivity contribution is 0.0978. The zero-order chi connectivity index (χ0) is 21.9. The fourth-order valence-corrected chi connectivity index (χ4v) is 3.11. The van der Waals surface area contributed by atoms with Crippen molar-refractivity contribution in [1.82, 2.24) is 5.32 Å². The first kappa shape index (κ1) is 26.1. The second kappa shape index (κ2) is 17.8. The highest BCUT2D eigenvalue weighted by atomic mass is 19.1. The molecule has 0 saturated carbocycles. The highest BCUT2D eigenvalue weighted by molar-refractivity contribution is 5.96. The van der Waals surface area contributed by atoms with Crippen LogP contribution in [0.3, 0.4) is 0 Å². The Morgan fingerprint density at radius 3 is 2.43 bits per heavy atom. The lowest BCUT2D eigenvalue weighted by Gasteiger charge is -2.07. The summed E-state index contributed by atoms with van der Waals surface area (Å²) < 4.78 is 19.6. The first-order valence-electron chi connectivity index (χ1n) is 11.3. The molecule has 0 bridgehead atoms. The number of carbonyl (C=O) groups is 1. The van der Waals surface area contributed by atoms with Gasteiger partial charge >= 0.3 is 0 Å². The number of nitrogens with two attached hydrogens (primary N) is 1. The zero-order valence-corrected chi connectivity index (χ0v) is 18.3. The van der Waals surface area contributed by atoms with Crippen LogP contribution in [-0.4, -0.2) is 32.0 Å². The quantitative estimate of drug-likeness (QED) is 0.175. The fraction of sp³-hybridized carbons (Fsp3) is 0.560. The van der Waals surface area contributed by atoms with E-state index in [4.69, 9.17) is 10.5 Å². The second-order valence-electron chi connectivity index (χ2n) is 7.50. The minimum atomic E-state index is -0.490. The van der Waals surface area contributed by atoms with Crippen molar-refractivity contribution in [2.45, 2.75) is 64.2 Å². The molecule has 0 aromatic heterocycles. The minimum Gasteiger partial charge on any atom is -0.486 e. The molecule has 1 aromatic rings. The molecular formula is C25H39FN2O2. The van der Waals surface area contributed by atoms with Crippen LogP contribution in [0.15, 0.2) is 43.0 Å². The molecule has 1 aromatic carbocycles. The molecule has 0 fully saturated rings. The fourth-order valence-electron chi connectivity index (χ4n) is 3.11. The molecule has 0 saturated heterocycles. The molecule has 0 unspecified atom stereocenters. The number of rotatable bonds is 19. The van der Waals surface area contributed by atoms with Gasteiger partial charge < -0.3 is 15.8 Å². The van der Waals surface area contributed by atoms with Gasteiger partial charge in [-0.05, 0) is 50.6 Å². The number of nitrogens with one attached hydrogen (secondary N) is 1. The maximum Gasteiger partial charge on any atom is 0.165 e. The highest BCUT2D eigenvalue weighted by Crippen LogP contribution is 2.20. The van der Waals surface area contributed by atoms with Crippen LogP contribution in [-0.2, 0) is 0 Å². The summed E-state index contributed by atoms with van der Waals surface area (Å²) in [5.41, 5.74) is 5.90. The summed E-state index contributed by atoms with van der Waals surface area (Å²) in [7, 11) is 0. The molecule has 0 aliphatic rings. The van der Waals surface area contributed by atoms with Crippen molar-refractivity contribution in [3.8, 4) is 5.75 Å². The maximum absolute atomic E-state index is 14.2. The molecule has 0 aliphatic carbocycles. The highest BCUT2D eigenvalue weighted by Gasteiger charge is 2.10. The van der Waals surface area contributed by atoms with Crippen LogP contribution in [0, 0.1) is 5.82 Å². The third-order valence-electron chi connectivity index (χ3n) is 4.90. The van der Waals surface area contributed by atoms with Gasteiger partial charge in [0.2, 0.25) is 0 Å². The van der Waals surface area contributed by atoms with Gasteiger partial charge in [0, 0.05) is 18.5 Å². The van der Waals surface area contributed by atoms with E-state index in [0.717, 1.165) is 51.7 Å². The standard InChI is InChI=1S/C25H39FN2O2/c1-2-3-18-28-19-12-13-20-30-25-16-15-22(21-23(25)26)24(29)14-10-8-6-4-5-7-9-11-17-27/h2,12-13,15-16,21,28H,1,3-11,14,17-20,27H2. The number of hydrogen-bond donors (Lipinski definition) is 2. The van der Waals surface area contributed by atoms with E-state index in [1.165, 1.54) is 31.7 Å². The molecule has 30 heavy (non-hydrogen) atoms. The van der Waals surface area contributed by atoms with Gasteiger partial charge in [0.1, 0.15) is 6.61 Å². The van der Waals surface area contributed by atoms with E-state index in [0.29, 0.717) is 18.6 Å². The number of carbonyl (C=O) groups excluding carboxylic acids is 1. The zero-order valence-electron chi connectivity index (χ0n) is 18.3. The summed E-state index contributed by atoms with van der Waals surface area (Å²) in [6.07, 6.45) is 16.1. The number of hydrogen-bond acceptors (Lipinski definition) is 4. The summed E-state index contributed by atoms with van der Waals surface area (Å²) in [6, 6.07) is 4.48. The maximum atomic E-state index is 14.2. The first-order chi connectivity index (χ1) is 14.7. The SMILES string of the molecule is C=CCCNCC=CCOc1ccc(C(=O)CCCCCCCCCCN)cc1F. The summed E-state index contributed by atoms with van der Waals surface area (Å²) in [6.45, 7) is 6.36. The van der Waals surface area contributed by atoms with Gasteiger partial charge in [0.05, 0.1) is 0 Å². The molecule has 4 nitrogen and oxygen atoms in total. The number of unbranched alkanes of at least 4 members (excludes halogenated alkanes) is 7. The molecule has 0 amide bonds. The van der Waals surface area contributed by atoms with E-state index in [1.54, 1.807) is 12.1 Å². The van der Waals surface area contributed by atoms with Gasteiger partial charge in [-0.25, -0.2) is 4.39 Å². The predicted molar refractivity (Wildman–Crippen MR) is 124 cm³/mol. The van der Waals surface area contributed by atoms with E-state index in [2.05, 4.69) is 11.9 Å².